The largest absolute Gasteiger partial charge is 0.395 e. The van der Waals surface area contributed by atoms with Crippen LogP contribution in [0.15, 0.2) is 17.6 Å². The summed E-state index contributed by atoms with van der Waals surface area (Å²) in [6.45, 7) is 2.60. The minimum absolute atomic E-state index is 0.00678. The molecule has 114 valence electrons. The van der Waals surface area contributed by atoms with Gasteiger partial charge in [-0.05, 0) is 19.8 Å². The van der Waals surface area contributed by atoms with Gasteiger partial charge in [0, 0.05) is 25.3 Å². The predicted octanol–water partition coefficient (Wildman–Crippen LogP) is 1.22. The predicted molar refractivity (Wildman–Crippen MR) is 75.8 cm³/mol. The first-order chi connectivity index (χ1) is 9.59. The first-order valence-electron chi connectivity index (χ1n) is 7.24. The lowest BCUT2D eigenvalue weighted by Crippen LogP contribution is -2.43. The van der Waals surface area contributed by atoms with Crippen LogP contribution in [0.2, 0.25) is 0 Å². The first kappa shape index (κ1) is 15.5. The number of rotatable bonds is 6. The van der Waals surface area contributed by atoms with E-state index in [0.717, 1.165) is 32.1 Å². The van der Waals surface area contributed by atoms with E-state index in [1.54, 1.807) is 10.8 Å². The summed E-state index contributed by atoms with van der Waals surface area (Å²) in [5.41, 5.74) is 0. The smallest absolute Gasteiger partial charge is 0.262 e. The van der Waals surface area contributed by atoms with E-state index >= 15 is 0 Å². The van der Waals surface area contributed by atoms with Crippen LogP contribution in [-0.4, -0.2) is 46.6 Å². The Morgan fingerprint density at radius 1 is 1.40 bits per heavy atom. The average molecular weight is 301 g/mol. The maximum absolute atomic E-state index is 12.7. The zero-order valence-electron chi connectivity index (χ0n) is 11.9. The molecule has 0 unspecified atom stereocenters. The number of aryl methyl sites for hydroxylation is 1. The highest BCUT2D eigenvalue weighted by Gasteiger charge is 2.33. The van der Waals surface area contributed by atoms with Crippen molar-refractivity contribution in [2.75, 3.05) is 13.2 Å². The molecule has 1 saturated carbocycles. The van der Waals surface area contributed by atoms with Crippen LogP contribution in [0, 0.1) is 0 Å². The van der Waals surface area contributed by atoms with E-state index in [4.69, 9.17) is 0 Å². The van der Waals surface area contributed by atoms with Crippen molar-refractivity contribution < 1.29 is 13.5 Å². The fourth-order valence-electron chi connectivity index (χ4n) is 2.73. The number of hydrogen-bond acceptors (Lipinski definition) is 4. The molecule has 0 saturated heterocycles. The van der Waals surface area contributed by atoms with Gasteiger partial charge in [0.05, 0.1) is 12.9 Å². The summed E-state index contributed by atoms with van der Waals surface area (Å²) >= 11 is 0. The van der Waals surface area contributed by atoms with Gasteiger partial charge < -0.3 is 9.67 Å². The molecule has 1 heterocycles. The molecule has 1 N–H and O–H groups in total. The van der Waals surface area contributed by atoms with Crippen LogP contribution in [0.4, 0.5) is 0 Å². The Kier molecular flexibility index (Phi) is 5.17. The molecule has 0 amide bonds. The molecule has 7 heteroatoms. The molecule has 0 radical (unpaired) electrons. The Balaban J connectivity index is 2.26. The highest BCUT2D eigenvalue weighted by molar-refractivity contribution is 7.89. The SMILES string of the molecule is CCn1cnc(S(=O)(=O)N(CCO)C2CCCCC2)c1. The zero-order valence-corrected chi connectivity index (χ0v) is 12.7. The summed E-state index contributed by atoms with van der Waals surface area (Å²) in [4.78, 5) is 4.01. The molecular weight excluding hydrogens is 278 g/mol. The third-order valence-corrected chi connectivity index (χ3v) is 5.69. The van der Waals surface area contributed by atoms with Crippen molar-refractivity contribution in [2.45, 2.75) is 56.6 Å². The minimum atomic E-state index is -3.61. The fraction of sp³-hybridized carbons (Fsp3) is 0.769. The molecule has 0 aliphatic heterocycles. The summed E-state index contributed by atoms with van der Waals surface area (Å²) < 4.78 is 28.6. The Bertz CT molecular complexity index is 521. The first-order valence-corrected chi connectivity index (χ1v) is 8.68. The number of sulfonamides is 1. The molecule has 1 aromatic rings. The van der Waals surface area contributed by atoms with Crippen LogP contribution in [0.1, 0.15) is 39.0 Å². The number of aromatic nitrogens is 2. The van der Waals surface area contributed by atoms with Crippen LogP contribution in [0.3, 0.4) is 0 Å². The molecule has 0 bridgehead atoms. The topological polar surface area (TPSA) is 75.4 Å². The summed E-state index contributed by atoms with van der Waals surface area (Å²) in [5.74, 6) is 0. The Morgan fingerprint density at radius 3 is 2.65 bits per heavy atom. The van der Waals surface area contributed by atoms with E-state index < -0.39 is 10.0 Å². The van der Waals surface area contributed by atoms with Crippen molar-refractivity contribution in [3.63, 3.8) is 0 Å². The third kappa shape index (κ3) is 3.21. The van der Waals surface area contributed by atoms with Gasteiger partial charge in [-0.1, -0.05) is 19.3 Å². The molecule has 1 aliphatic rings. The second-order valence-electron chi connectivity index (χ2n) is 5.17. The molecule has 1 fully saturated rings. The minimum Gasteiger partial charge on any atom is -0.395 e. The third-order valence-electron chi connectivity index (χ3n) is 3.85. The normalized spacial score (nSPS) is 17.8. The molecule has 6 nitrogen and oxygen atoms in total. The number of aliphatic hydroxyl groups excluding tert-OH is 1. The molecule has 20 heavy (non-hydrogen) atoms. The van der Waals surface area contributed by atoms with E-state index in [1.807, 2.05) is 6.92 Å². The summed E-state index contributed by atoms with van der Waals surface area (Å²) in [7, 11) is -3.61. The summed E-state index contributed by atoms with van der Waals surface area (Å²) in [6.07, 6.45) is 8.08. The Hall–Kier alpha value is -0.920. The van der Waals surface area contributed by atoms with Gasteiger partial charge in [0.1, 0.15) is 0 Å². The quantitative estimate of drug-likeness (QED) is 0.857. The number of hydrogen-bond donors (Lipinski definition) is 1. The van der Waals surface area contributed by atoms with Gasteiger partial charge in [-0.2, -0.15) is 4.31 Å². The van der Waals surface area contributed by atoms with E-state index in [-0.39, 0.29) is 24.2 Å². The molecule has 2 rings (SSSR count). The summed E-state index contributed by atoms with van der Waals surface area (Å²) in [6, 6.07) is -0.00678. The maximum atomic E-state index is 12.7. The van der Waals surface area contributed by atoms with Crippen molar-refractivity contribution in [2.24, 2.45) is 0 Å². The van der Waals surface area contributed by atoms with Crippen molar-refractivity contribution in [3.8, 4) is 0 Å². The zero-order chi connectivity index (χ0) is 14.6. The lowest BCUT2D eigenvalue weighted by molar-refractivity contribution is 0.199. The van der Waals surface area contributed by atoms with Gasteiger partial charge in [-0.25, -0.2) is 13.4 Å². The molecule has 0 aromatic carbocycles. The van der Waals surface area contributed by atoms with E-state index in [2.05, 4.69) is 4.98 Å². The van der Waals surface area contributed by atoms with Crippen LogP contribution in [0.25, 0.3) is 0 Å². The number of nitrogens with zero attached hydrogens (tertiary/aromatic N) is 3. The standard InChI is InChI=1S/C13H23N3O3S/c1-2-15-10-13(14-11-15)20(18,19)16(8-9-17)12-6-4-3-5-7-12/h10-12,17H,2-9H2,1H3. The highest BCUT2D eigenvalue weighted by Crippen LogP contribution is 2.26. The molecule has 1 aliphatic carbocycles. The molecule has 0 atom stereocenters. The van der Waals surface area contributed by atoms with Crippen molar-refractivity contribution in [1.82, 2.24) is 13.9 Å². The van der Waals surface area contributed by atoms with E-state index in [9.17, 15) is 13.5 Å². The second-order valence-corrected chi connectivity index (χ2v) is 7.01. The van der Waals surface area contributed by atoms with Crippen LogP contribution < -0.4 is 0 Å². The van der Waals surface area contributed by atoms with Gasteiger partial charge >= 0.3 is 0 Å². The van der Waals surface area contributed by atoms with Crippen molar-refractivity contribution in [1.29, 1.82) is 0 Å². The monoisotopic (exact) mass is 301 g/mol. The van der Waals surface area contributed by atoms with Gasteiger partial charge in [-0.15, -0.1) is 0 Å². The van der Waals surface area contributed by atoms with Gasteiger partial charge in [0.15, 0.2) is 5.03 Å². The van der Waals surface area contributed by atoms with E-state index in [0.29, 0.717) is 6.54 Å². The lowest BCUT2D eigenvalue weighted by Gasteiger charge is -2.32. The number of aliphatic hydroxyl groups is 1. The van der Waals surface area contributed by atoms with Gasteiger partial charge in [-0.3, -0.25) is 0 Å². The molecule has 0 spiro atoms. The van der Waals surface area contributed by atoms with E-state index in [1.165, 1.54) is 10.6 Å². The van der Waals surface area contributed by atoms with Crippen LogP contribution in [0.5, 0.6) is 0 Å². The van der Waals surface area contributed by atoms with Crippen LogP contribution in [-0.2, 0) is 16.6 Å². The molecule has 1 aromatic heterocycles. The fourth-order valence-corrected chi connectivity index (χ4v) is 4.35. The van der Waals surface area contributed by atoms with Crippen molar-refractivity contribution >= 4 is 10.0 Å². The lowest BCUT2D eigenvalue weighted by atomic mass is 9.95. The maximum Gasteiger partial charge on any atom is 0.262 e. The average Bonchev–Trinajstić information content (AvgIpc) is 2.95. The highest BCUT2D eigenvalue weighted by atomic mass is 32.2. The Labute approximate surface area is 120 Å². The van der Waals surface area contributed by atoms with Gasteiger partial charge in [0.2, 0.25) is 0 Å². The second kappa shape index (κ2) is 6.69. The molecular formula is C13H23N3O3S. The van der Waals surface area contributed by atoms with Gasteiger partial charge in [0.25, 0.3) is 10.0 Å². The van der Waals surface area contributed by atoms with Crippen molar-refractivity contribution in [3.05, 3.63) is 12.5 Å². The Morgan fingerprint density at radius 2 is 2.10 bits per heavy atom. The summed E-state index contributed by atoms with van der Waals surface area (Å²) in [5, 5.41) is 9.28. The van der Waals surface area contributed by atoms with Crippen LogP contribution >= 0.6 is 0 Å². The number of imidazole rings is 1.